The molecule has 0 unspecified atom stereocenters. The zero-order valence-electron chi connectivity index (χ0n) is 31.0. The van der Waals surface area contributed by atoms with Crippen LogP contribution in [-0.2, 0) is 77.6 Å². The lowest BCUT2D eigenvalue weighted by molar-refractivity contribution is -0.146. The molecule has 56 heavy (non-hydrogen) atoms. The van der Waals surface area contributed by atoms with Crippen LogP contribution in [0.3, 0.4) is 0 Å². The molecule has 2 aromatic heterocycles. The number of ether oxygens (including phenoxy) is 4. The van der Waals surface area contributed by atoms with Crippen LogP contribution in [0.25, 0.3) is 0 Å². The predicted octanol–water partition coefficient (Wildman–Crippen LogP) is 2.61. The minimum atomic E-state index is -0.474. The van der Waals surface area contributed by atoms with Gasteiger partial charge in [0.15, 0.2) is 13.5 Å². The lowest BCUT2D eigenvalue weighted by Crippen LogP contribution is -2.32. The van der Waals surface area contributed by atoms with E-state index in [1.165, 1.54) is 37.5 Å². The molecule has 0 N–H and O–H groups in total. The molecule has 2 aromatic carbocycles. The van der Waals surface area contributed by atoms with Gasteiger partial charge >= 0.3 is 23.9 Å². The first-order valence-electron chi connectivity index (χ1n) is 17.3. The van der Waals surface area contributed by atoms with Crippen molar-refractivity contribution in [3.8, 4) is 0 Å². The lowest BCUT2D eigenvalue weighted by atomic mass is 10.1. The second-order valence-electron chi connectivity index (χ2n) is 12.4. The van der Waals surface area contributed by atoms with Gasteiger partial charge in [-0.1, -0.05) is 24.3 Å². The molecule has 0 saturated carbocycles. The Bertz CT molecular complexity index is 2080. The Kier molecular flexibility index (Phi) is 12.9. The molecular weight excluding hydrogens is 732 g/mol. The molecule has 18 nitrogen and oxygen atoms in total. The summed E-state index contributed by atoms with van der Waals surface area (Å²) < 4.78 is 23.1. The molecule has 0 bridgehead atoms. The Morgan fingerprint density at radius 2 is 1.00 bits per heavy atom. The van der Waals surface area contributed by atoms with E-state index in [0.717, 1.165) is 0 Å². The Balaban J connectivity index is 0.000000214. The SMILES string of the molecule is CC(=O)OCc1nc(CCN2C(=O)c3ccccc3C2=O)cn1COC(C)=O.CC(=O)OCc1ncc(CCN2C(=O)c3ccccc3C2=O)n1COC(C)=O. The number of amides is 4. The number of rotatable bonds is 14. The fourth-order valence-electron chi connectivity index (χ4n) is 5.77. The van der Waals surface area contributed by atoms with Crippen LogP contribution in [0.4, 0.5) is 0 Å². The Morgan fingerprint density at radius 3 is 1.46 bits per heavy atom. The highest BCUT2D eigenvalue weighted by Crippen LogP contribution is 2.24. The minimum absolute atomic E-state index is 0.0774. The van der Waals surface area contributed by atoms with Crippen molar-refractivity contribution in [2.24, 2.45) is 0 Å². The van der Waals surface area contributed by atoms with E-state index < -0.39 is 23.9 Å². The maximum atomic E-state index is 12.5. The smallest absolute Gasteiger partial charge is 0.304 e. The van der Waals surface area contributed by atoms with Gasteiger partial charge in [-0.2, -0.15) is 0 Å². The van der Waals surface area contributed by atoms with Crippen molar-refractivity contribution in [2.45, 2.75) is 67.2 Å². The summed E-state index contributed by atoms with van der Waals surface area (Å²) in [6.45, 7) is 5.08. The zero-order chi connectivity index (χ0) is 40.5. The van der Waals surface area contributed by atoms with E-state index >= 15 is 0 Å². The van der Waals surface area contributed by atoms with Crippen LogP contribution in [-0.4, -0.2) is 89.5 Å². The zero-order valence-corrected chi connectivity index (χ0v) is 31.0. The first-order valence-corrected chi connectivity index (χ1v) is 17.3. The number of carbonyl (C=O) groups is 8. The molecule has 18 heteroatoms. The van der Waals surface area contributed by atoms with E-state index in [2.05, 4.69) is 9.97 Å². The highest BCUT2D eigenvalue weighted by Gasteiger charge is 2.36. The highest BCUT2D eigenvalue weighted by atomic mass is 16.6. The average Bonchev–Trinajstić information content (AvgIpc) is 3.88. The van der Waals surface area contributed by atoms with E-state index in [0.29, 0.717) is 58.1 Å². The van der Waals surface area contributed by atoms with E-state index in [4.69, 9.17) is 18.9 Å². The van der Waals surface area contributed by atoms with Crippen molar-refractivity contribution in [3.05, 3.63) is 106 Å². The van der Waals surface area contributed by atoms with E-state index in [9.17, 15) is 38.4 Å². The molecule has 6 rings (SSSR count). The molecule has 2 aliphatic rings. The van der Waals surface area contributed by atoms with Gasteiger partial charge in [0.25, 0.3) is 23.6 Å². The second-order valence-corrected chi connectivity index (χ2v) is 12.4. The van der Waals surface area contributed by atoms with E-state index in [1.807, 2.05) is 0 Å². The quantitative estimate of drug-likeness (QED) is 0.102. The topological polar surface area (TPSA) is 216 Å². The Morgan fingerprint density at radius 1 is 0.571 bits per heavy atom. The average molecular weight is 771 g/mol. The van der Waals surface area contributed by atoms with Gasteiger partial charge in [0.2, 0.25) is 0 Å². The normalized spacial score (nSPS) is 12.9. The minimum Gasteiger partial charge on any atom is -0.458 e. The first-order chi connectivity index (χ1) is 26.7. The van der Waals surface area contributed by atoms with Gasteiger partial charge < -0.3 is 18.9 Å². The van der Waals surface area contributed by atoms with Crippen LogP contribution < -0.4 is 0 Å². The number of hydrogen-bond donors (Lipinski definition) is 0. The molecule has 0 fully saturated rings. The van der Waals surface area contributed by atoms with E-state index in [-0.39, 0.29) is 63.4 Å². The molecule has 292 valence electrons. The third-order valence-electron chi connectivity index (χ3n) is 8.48. The second kappa shape index (κ2) is 17.9. The van der Waals surface area contributed by atoms with Crippen molar-refractivity contribution in [2.75, 3.05) is 13.1 Å². The van der Waals surface area contributed by atoms with Crippen molar-refractivity contribution in [1.29, 1.82) is 0 Å². The molecule has 2 aliphatic heterocycles. The number of hydrogen-bond acceptors (Lipinski definition) is 14. The molecule has 0 saturated heterocycles. The fraction of sp³-hybridized carbons (Fsp3) is 0.316. The molecule has 4 heterocycles. The molecule has 0 radical (unpaired) electrons. The maximum absolute atomic E-state index is 12.5. The van der Waals surface area contributed by atoms with Gasteiger partial charge in [-0.25, -0.2) is 9.97 Å². The number of imide groups is 2. The lowest BCUT2D eigenvalue weighted by Gasteiger charge is -2.15. The summed E-state index contributed by atoms with van der Waals surface area (Å²) in [6.07, 6.45) is 3.80. The monoisotopic (exact) mass is 770 g/mol. The summed E-state index contributed by atoms with van der Waals surface area (Å²) in [5.41, 5.74) is 2.77. The maximum Gasteiger partial charge on any atom is 0.304 e. The van der Waals surface area contributed by atoms with Gasteiger partial charge in [-0.05, 0) is 24.3 Å². The standard InChI is InChI=1S/2C19H19N3O6/c1-12(23)27-10-17-20-14(9-21(17)11-28-13(2)24)7-8-22-18(25)15-5-3-4-6-16(15)19(22)26;1-12(23)27-10-17-20-9-14(22(17)11-28-13(2)24)7-8-21-18(25)15-5-3-4-6-16(15)19(21)26/h2*3-6,9H,7-8,10-11H2,1-2H3. The summed E-state index contributed by atoms with van der Waals surface area (Å²) in [5, 5.41) is 0. The summed E-state index contributed by atoms with van der Waals surface area (Å²) in [7, 11) is 0. The molecule has 0 aliphatic carbocycles. The third kappa shape index (κ3) is 9.57. The summed E-state index contributed by atoms with van der Waals surface area (Å²) >= 11 is 0. The van der Waals surface area contributed by atoms with Gasteiger partial charge in [-0.3, -0.25) is 57.3 Å². The van der Waals surface area contributed by atoms with Crippen LogP contribution in [0.5, 0.6) is 0 Å². The number of aromatic nitrogens is 4. The number of fused-ring (bicyclic) bond motifs is 2. The molecular formula is C38H38N6O12. The summed E-state index contributed by atoms with van der Waals surface area (Å²) in [4.78, 5) is 105. The van der Waals surface area contributed by atoms with Gasteiger partial charge in [0.05, 0.1) is 27.9 Å². The Labute approximate surface area is 319 Å². The number of benzene rings is 2. The largest absolute Gasteiger partial charge is 0.458 e. The van der Waals surface area contributed by atoms with Gasteiger partial charge in [0.1, 0.15) is 24.9 Å². The molecule has 0 atom stereocenters. The van der Waals surface area contributed by atoms with Crippen molar-refractivity contribution in [1.82, 2.24) is 28.9 Å². The van der Waals surface area contributed by atoms with Crippen molar-refractivity contribution < 1.29 is 57.3 Å². The Hall–Kier alpha value is -6.98. The third-order valence-corrected chi connectivity index (χ3v) is 8.48. The van der Waals surface area contributed by atoms with Gasteiger partial charge in [-0.15, -0.1) is 0 Å². The van der Waals surface area contributed by atoms with Crippen LogP contribution >= 0.6 is 0 Å². The number of imidazole rings is 2. The van der Waals surface area contributed by atoms with Crippen LogP contribution in [0.15, 0.2) is 60.9 Å². The molecule has 0 spiro atoms. The summed E-state index contributed by atoms with van der Waals surface area (Å²) in [6, 6.07) is 13.3. The number of carbonyl (C=O) groups excluding carboxylic acids is 8. The van der Waals surface area contributed by atoms with Gasteiger partial charge in [0, 0.05) is 71.7 Å². The van der Waals surface area contributed by atoms with Crippen molar-refractivity contribution in [3.63, 3.8) is 0 Å². The molecule has 4 amide bonds. The molecule has 4 aromatic rings. The number of nitrogens with zero attached hydrogens (tertiary/aromatic N) is 6. The van der Waals surface area contributed by atoms with Crippen LogP contribution in [0, 0.1) is 0 Å². The van der Waals surface area contributed by atoms with Crippen LogP contribution in [0.2, 0.25) is 0 Å². The van der Waals surface area contributed by atoms with Crippen molar-refractivity contribution >= 4 is 47.5 Å². The predicted molar refractivity (Wildman–Crippen MR) is 190 cm³/mol. The summed E-state index contributed by atoms with van der Waals surface area (Å²) in [5.74, 6) is -2.41. The highest BCUT2D eigenvalue weighted by molar-refractivity contribution is 6.22. The fourth-order valence-corrected chi connectivity index (χ4v) is 5.77. The van der Waals surface area contributed by atoms with E-state index in [1.54, 1.807) is 70.1 Å². The van der Waals surface area contributed by atoms with Crippen LogP contribution in [0.1, 0.15) is 92.2 Å². The first kappa shape index (κ1) is 40.2. The number of esters is 4.